The highest BCUT2D eigenvalue weighted by atomic mass is 32.1. The molecule has 0 fully saturated rings. The molecule has 8 rings (SSSR count). The summed E-state index contributed by atoms with van der Waals surface area (Å²) >= 11 is 3.00. The zero-order valence-electron chi connectivity index (χ0n) is 24.2. The van der Waals surface area contributed by atoms with Gasteiger partial charge in [-0.05, 0) is 41.8 Å². The van der Waals surface area contributed by atoms with Gasteiger partial charge in [-0.2, -0.15) is 19.2 Å². The molecule has 12 heteroatoms. The van der Waals surface area contributed by atoms with Gasteiger partial charge in [0, 0.05) is 11.1 Å². The van der Waals surface area contributed by atoms with E-state index in [9.17, 15) is 0 Å². The van der Waals surface area contributed by atoms with E-state index in [1.165, 1.54) is 22.7 Å². The Morgan fingerprint density at radius 2 is 1.00 bits per heavy atom. The van der Waals surface area contributed by atoms with Crippen molar-refractivity contribution in [1.82, 2.24) is 39.6 Å². The van der Waals surface area contributed by atoms with Crippen LogP contribution in [-0.2, 0) is 6.42 Å². The summed E-state index contributed by atoms with van der Waals surface area (Å²) in [5, 5.41) is 29.2. The lowest BCUT2D eigenvalue weighted by molar-refractivity contribution is 0.416. The molecule has 0 aliphatic carbocycles. The quantitative estimate of drug-likeness (QED) is 0.178. The van der Waals surface area contributed by atoms with Gasteiger partial charge >= 0.3 is 0 Å². The van der Waals surface area contributed by atoms with Crippen LogP contribution >= 0.6 is 22.7 Å². The fourth-order valence-electron chi connectivity index (χ4n) is 5.28. The number of nitrogens with zero attached hydrogens (tertiary/aromatic N) is 8. The number of hydrogen-bond acceptors (Lipinski definition) is 10. The molecule has 0 saturated heterocycles. The SMILES string of the molecule is COc1ccc(Cc2ccc(OC)c(-c3nnc4sc(-c5ccccc5)nn34)c2)cc1-c1nnc2sc(-c3ccccc3)nn12. The van der Waals surface area contributed by atoms with E-state index in [-0.39, 0.29) is 0 Å². The van der Waals surface area contributed by atoms with Crippen molar-refractivity contribution in [2.75, 3.05) is 14.2 Å². The fourth-order valence-corrected chi connectivity index (χ4v) is 6.97. The molecule has 8 aromatic rings. The number of hydrogen-bond donors (Lipinski definition) is 0. The molecule has 0 bridgehead atoms. The lowest BCUT2D eigenvalue weighted by Gasteiger charge is -2.11. The topological polar surface area (TPSA) is 105 Å². The van der Waals surface area contributed by atoms with E-state index in [1.54, 1.807) is 23.3 Å². The van der Waals surface area contributed by atoms with Crippen LogP contribution in [0.15, 0.2) is 97.1 Å². The predicted octanol–water partition coefficient (Wildman–Crippen LogP) is 6.96. The molecule has 0 spiro atoms. The minimum absolute atomic E-state index is 0.626. The minimum Gasteiger partial charge on any atom is -0.496 e. The number of fused-ring (bicyclic) bond motifs is 2. The van der Waals surface area contributed by atoms with Crippen LogP contribution in [0.4, 0.5) is 0 Å². The van der Waals surface area contributed by atoms with Crippen LogP contribution in [0.3, 0.4) is 0 Å². The van der Waals surface area contributed by atoms with Crippen molar-refractivity contribution < 1.29 is 9.47 Å². The summed E-state index contributed by atoms with van der Waals surface area (Å²) in [5.41, 5.74) is 5.85. The number of rotatable bonds is 8. The van der Waals surface area contributed by atoms with E-state index in [1.807, 2.05) is 72.8 Å². The Kier molecular flexibility index (Phi) is 6.77. The summed E-state index contributed by atoms with van der Waals surface area (Å²) in [6.07, 6.45) is 0.649. The summed E-state index contributed by atoms with van der Waals surface area (Å²) in [6, 6.07) is 32.3. The third-order valence-corrected chi connectivity index (χ3v) is 9.34. The highest BCUT2D eigenvalue weighted by molar-refractivity contribution is 7.20. The Hall–Kier alpha value is -5.46. The van der Waals surface area contributed by atoms with Crippen molar-refractivity contribution >= 4 is 32.6 Å². The van der Waals surface area contributed by atoms with E-state index in [0.717, 1.165) is 43.4 Å². The zero-order chi connectivity index (χ0) is 30.3. The van der Waals surface area contributed by atoms with E-state index in [0.29, 0.717) is 39.5 Å². The Bertz CT molecular complexity index is 2130. The lowest BCUT2D eigenvalue weighted by Crippen LogP contribution is -1.98. The summed E-state index contributed by atoms with van der Waals surface area (Å²) in [5.74, 6) is 2.64. The highest BCUT2D eigenvalue weighted by Crippen LogP contribution is 2.36. The summed E-state index contributed by atoms with van der Waals surface area (Å²) < 4.78 is 15.1. The maximum Gasteiger partial charge on any atom is 0.235 e. The van der Waals surface area contributed by atoms with Crippen molar-refractivity contribution in [3.63, 3.8) is 0 Å². The number of benzene rings is 4. The first-order valence-electron chi connectivity index (χ1n) is 14.1. The van der Waals surface area contributed by atoms with E-state index in [2.05, 4.69) is 44.7 Å². The molecule has 0 aliphatic rings. The first-order valence-corrected chi connectivity index (χ1v) is 15.7. The average Bonchev–Trinajstić information content (AvgIpc) is 3.87. The molecular weight excluding hydrogens is 605 g/mol. The molecule has 4 aromatic heterocycles. The minimum atomic E-state index is 0.626. The van der Waals surface area contributed by atoms with E-state index < -0.39 is 0 Å². The van der Waals surface area contributed by atoms with Crippen molar-refractivity contribution in [2.24, 2.45) is 0 Å². The molecular formula is C33H24N8O2S2. The van der Waals surface area contributed by atoms with Crippen molar-refractivity contribution in [3.8, 4) is 55.4 Å². The first kappa shape index (κ1) is 27.1. The number of ether oxygens (including phenoxy) is 2. The molecule has 0 aliphatic heterocycles. The largest absolute Gasteiger partial charge is 0.496 e. The standard InChI is InChI=1S/C33H24N8O2S2/c1-42-26-15-13-20(18-24(26)28-34-36-32-40(28)38-30(44-32)22-9-5-3-6-10-22)17-21-14-16-27(43-2)25(19-21)29-35-37-33-41(29)39-31(45-33)23-11-7-4-8-12-23/h3-16,18-19H,17H2,1-2H3. The van der Waals surface area contributed by atoms with Gasteiger partial charge in [-0.1, -0.05) is 95.5 Å². The maximum absolute atomic E-state index is 5.74. The molecule has 0 amide bonds. The normalized spacial score (nSPS) is 11.4. The number of aromatic nitrogens is 8. The predicted molar refractivity (Wildman–Crippen MR) is 175 cm³/mol. The molecule has 4 aromatic carbocycles. The van der Waals surface area contributed by atoms with Crippen LogP contribution in [0.1, 0.15) is 11.1 Å². The third kappa shape index (κ3) is 4.89. The van der Waals surface area contributed by atoms with Gasteiger partial charge in [-0.25, -0.2) is 0 Å². The Balaban J connectivity index is 1.15. The van der Waals surface area contributed by atoms with Gasteiger partial charge < -0.3 is 9.47 Å². The van der Waals surface area contributed by atoms with Crippen LogP contribution in [0.2, 0.25) is 0 Å². The average molecular weight is 629 g/mol. The second kappa shape index (κ2) is 11.2. The molecule has 0 atom stereocenters. The van der Waals surface area contributed by atoms with Crippen molar-refractivity contribution in [2.45, 2.75) is 6.42 Å². The van der Waals surface area contributed by atoms with Crippen LogP contribution < -0.4 is 9.47 Å². The van der Waals surface area contributed by atoms with Crippen LogP contribution in [0.5, 0.6) is 11.5 Å². The third-order valence-electron chi connectivity index (χ3n) is 7.44. The van der Waals surface area contributed by atoms with Crippen molar-refractivity contribution in [1.29, 1.82) is 0 Å². The van der Waals surface area contributed by atoms with Gasteiger partial charge in [0.05, 0.1) is 25.3 Å². The Labute approximate surface area is 265 Å². The summed E-state index contributed by atoms with van der Waals surface area (Å²) in [4.78, 5) is 1.43. The van der Waals surface area contributed by atoms with Crippen molar-refractivity contribution in [3.05, 3.63) is 108 Å². The van der Waals surface area contributed by atoms with Gasteiger partial charge in [0.2, 0.25) is 9.92 Å². The first-order chi connectivity index (χ1) is 22.2. The molecule has 0 saturated carbocycles. The monoisotopic (exact) mass is 628 g/mol. The van der Waals surface area contributed by atoms with Gasteiger partial charge in [0.15, 0.2) is 11.6 Å². The van der Waals surface area contributed by atoms with Gasteiger partial charge in [0.25, 0.3) is 0 Å². The van der Waals surface area contributed by atoms with Crippen LogP contribution in [-0.4, -0.2) is 53.8 Å². The molecule has 220 valence electrons. The smallest absolute Gasteiger partial charge is 0.235 e. The molecule has 10 nitrogen and oxygen atoms in total. The van der Waals surface area contributed by atoms with E-state index >= 15 is 0 Å². The number of methoxy groups -OCH3 is 2. The second-order valence-electron chi connectivity index (χ2n) is 10.2. The second-order valence-corrected chi connectivity index (χ2v) is 12.1. The highest BCUT2D eigenvalue weighted by Gasteiger charge is 2.20. The fraction of sp³-hybridized carbons (Fsp3) is 0.0909. The van der Waals surface area contributed by atoms with Crippen LogP contribution in [0, 0.1) is 0 Å². The zero-order valence-corrected chi connectivity index (χ0v) is 25.8. The molecule has 0 N–H and O–H groups in total. The molecule has 4 heterocycles. The van der Waals surface area contributed by atoms with Crippen LogP contribution in [0.25, 0.3) is 53.8 Å². The molecule has 0 radical (unpaired) electrons. The summed E-state index contributed by atoms with van der Waals surface area (Å²) in [6.45, 7) is 0. The Morgan fingerprint density at radius 3 is 1.42 bits per heavy atom. The lowest BCUT2D eigenvalue weighted by atomic mass is 9.99. The van der Waals surface area contributed by atoms with E-state index in [4.69, 9.17) is 19.7 Å². The molecule has 0 unspecified atom stereocenters. The maximum atomic E-state index is 5.74. The van der Waals surface area contributed by atoms with Gasteiger partial charge in [-0.3, -0.25) is 0 Å². The van der Waals surface area contributed by atoms with Gasteiger partial charge in [0.1, 0.15) is 21.5 Å². The summed E-state index contributed by atoms with van der Waals surface area (Å²) in [7, 11) is 3.31. The molecule has 45 heavy (non-hydrogen) atoms. The Morgan fingerprint density at radius 1 is 0.556 bits per heavy atom. The van der Waals surface area contributed by atoms with Gasteiger partial charge in [-0.15, -0.1) is 20.4 Å².